The first-order chi connectivity index (χ1) is 34.3. The Bertz CT molecular complexity index is 1070. The van der Waals surface area contributed by atoms with E-state index in [4.69, 9.17) is 14.2 Å². The molecule has 0 saturated carbocycles. The summed E-state index contributed by atoms with van der Waals surface area (Å²) in [5.74, 6) is 0.908. The van der Waals surface area contributed by atoms with Gasteiger partial charge in [-0.3, -0.25) is 14.4 Å². The highest BCUT2D eigenvalue weighted by atomic mass is 16.6. The van der Waals surface area contributed by atoms with Crippen molar-refractivity contribution >= 4 is 17.9 Å². The Morgan fingerprint density at radius 3 is 0.814 bits per heavy atom. The van der Waals surface area contributed by atoms with Crippen molar-refractivity contribution in [2.45, 2.75) is 368 Å². The highest BCUT2D eigenvalue weighted by Gasteiger charge is 2.19. The molecule has 0 radical (unpaired) electrons. The molecule has 0 aliphatic rings. The van der Waals surface area contributed by atoms with Crippen molar-refractivity contribution in [3.8, 4) is 0 Å². The molecule has 416 valence electrons. The molecular weight excluding hydrogens is 865 g/mol. The van der Waals surface area contributed by atoms with Crippen LogP contribution in [0.15, 0.2) is 0 Å². The summed E-state index contributed by atoms with van der Waals surface area (Å²) in [6.07, 6.45) is 62.3. The molecule has 0 rings (SSSR count). The van der Waals surface area contributed by atoms with Gasteiger partial charge >= 0.3 is 17.9 Å². The Hall–Kier alpha value is -1.59. The summed E-state index contributed by atoms with van der Waals surface area (Å²) in [6, 6.07) is 0. The second-order valence-corrected chi connectivity index (χ2v) is 22.8. The van der Waals surface area contributed by atoms with Crippen LogP contribution in [0.1, 0.15) is 362 Å². The molecule has 0 aromatic carbocycles. The smallest absolute Gasteiger partial charge is 0.306 e. The monoisotopic (exact) mass is 989 g/mol. The minimum Gasteiger partial charge on any atom is -0.462 e. The summed E-state index contributed by atoms with van der Waals surface area (Å²) in [6.45, 7) is 11.5. The number of carbonyl (C=O) groups excluding carboxylic acids is 3. The molecule has 0 amide bonds. The molecular formula is C64H124O6. The summed E-state index contributed by atoms with van der Waals surface area (Å²) in [7, 11) is 0. The van der Waals surface area contributed by atoms with Crippen LogP contribution in [0.5, 0.6) is 0 Å². The fourth-order valence-corrected chi connectivity index (χ4v) is 9.90. The zero-order valence-electron chi connectivity index (χ0n) is 48.2. The maximum atomic E-state index is 12.9. The van der Waals surface area contributed by atoms with E-state index >= 15 is 0 Å². The molecule has 6 heteroatoms. The minimum absolute atomic E-state index is 0.0619. The van der Waals surface area contributed by atoms with E-state index in [1.54, 1.807) is 0 Å². The number of hydrogen-bond donors (Lipinski definition) is 0. The number of esters is 3. The molecule has 6 nitrogen and oxygen atoms in total. The minimum atomic E-state index is -0.764. The molecule has 0 heterocycles. The molecule has 0 aromatic rings. The third-order valence-corrected chi connectivity index (χ3v) is 15.1. The third-order valence-electron chi connectivity index (χ3n) is 15.1. The summed E-state index contributed by atoms with van der Waals surface area (Å²) < 4.78 is 17.0. The quantitative estimate of drug-likeness (QED) is 0.0343. The van der Waals surface area contributed by atoms with Gasteiger partial charge in [0.15, 0.2) is 6.10 Å². The van der Waals surface area contributed by atoms with Crippen molar-refractivity contribution in [3.05, 3.63) is 0 Å². The predicted octanol–water partition coefficient (Wildman–Crippen LogP) is 21.2. The van der Waals surface area contributed by atoms with Crippen LogP contribution in [0.4, 0.5) is 0 Å². The van der Waals surface area contributed by atoms with Gasteiger partial charge in [-0.2, -0.15) is 0 Å². The van der Waals surface area contributed by atoms with Crippen molar-refractivity contribution in [1.29, 1.82) is 0 Å². The van der Waals surface area contributed by atoms with E-state index < -0.39 is 6.10 Å². The van der Waals surface area contributed by atoms with Gasteiger partial charge < -0.3 is 14.2 Å². The summed E-state index contributed by atoms with van der Waals surface area (Å²) in [4.78, 5) is 38.3. The lowest BCUT2D eigenvalue weighted by atomic mass is 9.99. The molecule has 0 aliphatic carbocycles. The molecule has 0 saturated heterocycles. The molecule has 70 heavy (non-hydrogen) atoms. The van der Waals surface area contributed by atoms with Gasteiger partial charge in [-0.15, -0.1) is 0 Å². The molecule has 0 bridgehead atoms. The molecule has 0 aliphatic heterocycles. The molecule has 2 atom stereocenters. The zero-order valence-corrected chi connectivity index (χ0v) is 48.2. The second-order valence-electron chi connectivity index (χ2n) is 22.8. The van der Waals surface area contributed by atoms with Crippen LogP contribution >= 0.6 is 0 Å². The SMILES string of the molecule is CCCCCCCCCCCCCCCCCCCC(=O)OC[C@H](COC(=O)CCCCCCCCCCCCCCCCC(C)CC)OC(=O)CCCCCCCCCCCCCCCCC(C)C. The Morgan fingerprint density at radius 2 is 0.543 bits per heavy atom. The number of unbranched alkanes of at least 4 members (excludes halogenated alkanes) is 42. The van der Waals surface area contributed by atoms with E-state index in [0.717, 1.165) is 69.6 Å². The number of ether oxygens (including phenoxy) is 3. The van der Waals surface area contributed by atoms with Crippen LogP contribution in [0.3, 0.4) is 0 Å². The average molecular weight is 990 g/mol. The first-order valence-electron chi connectivity index (χ1n) is 31.8. The van der Waals surface area contributed by atoms with Crippen molar-refractivity contribution in [1.82, 2.24) is 0 Å². The van der Waals surface area contributed by atoms with Gasteiger partial charge in [-0.25, -0.2) is 0 Å². The topological polar surface area (TPSA) is 78.9 Å². The fourth-order valence-electron chi connectivity index (χ4n) is 9.90. The van der Waals surface area contributed by atoms with Crippen LogP contribution in [0, 0.1) is 11.8 Å². The fraction of sp³-hybridized carbons (Fsp3) is 0.953. The molecule has 0 spiro atoms. The van der Waals surface area contributed by atoms with Crippen LogP contribution in [0.25, 0.3) is 0 Å². The molecule has 0 fully saturated rings. The lowest BCUT2D eigenvalue weighted by Gasteiger charge is -2.18. The van der Waals surface area contributed by atoms with E-state index in [-0.39, 0.29) is 31.1 Å². The highest BCUT2D eigenvalue weighted by Crippen LogP contribution is 2.19. The largest absolute Gasteiger partial charge is 0.462 e. The Labute approximate surface area is 438 Å². The Morgan fingerprint density at radius 1 is 0.300 bits per heavy atom. The van der Waals surface area contributed by atoms with E-state index in [2.05, 4.69) is 34.6 Å². The van der Waals surface area contributed by atoms with Crippen LogP contribution in [-0.2, 0) is 28.6 Å². The van der Waals surface area contributed by atoms with Crippen LogP contribution < -0.4 is 0 Å². The van der Waals surface area contributed by atoms with Crippen molar-refractivity contribution in [2.75, 3.05) is 13.2 Å². The number of rotatable bonds is 58. The summed E-state index contributed by atoms with van der Waals surface area (Å²) >= 11 is 0. The Kier molecular flexibility index (Phi) is 55.4. The first-order valence-corrected chi connectivity index (χ1v) is 31.8. The van der Waals surface area contributed by atoms with Gasteiger partial charge in [0.1, 0.15) is 13.2 Å². The van der Waals surface area contributed by atoms with Gasteiger partial charge in [0.2, 0.25) is 0 Å². The van der Waals surface area contributed by atoms with Gasteiger partial charge in [0, 0.05) is 19.3 Å². The number of hydrogen-bond acceptors (Lipinski definition) is 6. The molecule has 0 aromatic heterocycles. The highest BCUT2D eigenvalue weighted by molar-refractivity contribution is 5.71. The zero-order chi connectivity index (χ0) is 51.1. The van der Waals surface area contributed by atoms with Crippen molar-refractivity contribution in [2.24, 2.45) is 11.8 Å². The van der Waals surface area contributed by atoms with Crippen molar-refractivity contribution < 1.29 is 28.6 Å². The lowest BCUT2D eigenvalue weighted by Crippen LogP contribution is -2.30. The molecule has 0 N–H and O–H groups in total. The normalized spacial score (nSPS) is 12.4. The first kappa shape index (κ1) is 68.4. The van der Waals surface area contributed by atoms with E-state index in [9.17, 15) is 14.4 Å². The van der Waals surface area contributed by atoms with Crippen molar-refractivity contribution in [3.63, 3.8) is 0 Å². The van der Waals surface area contributed by atoms with Crippen LogP contribution in [0.2, 0.25) is 0 Å². The standard InChI is InChI=1S/C64H124O6/c1-6-8-9-10-11-12-13-14-15-16-17-24-29-34-39-44-49-54-62(65)68-57-61(70-64(67)56-51-46-41-36-31-26-20-18-22-27-32-37-42-47-52-59(3)4)58-69-63(66)55-50-45-40-35-30-25-21-19-23-28-33-38-43-48-53-60(5)7-2/h59-61H,6-58H2,1-5H3/t60?,61-/m1/s1. The van der Waals surface area contributed by atoms with Gasteiger partial charge in [0.05, 0.1) is 0 Å². The lowest BCUT2D eigenvalue weighted by molar-refractivity contribution is -0.167. The maximum absolute atomic E-state index is 12.9. The van der Waals surface area contributed by atoms with E-state index in [1.165, 1.54) is 250 Å². The van der Waals surface area contributed by atoms with Crippen LogP contribution in [-0.4, -0.2) is 37.2 Å². The predicted molar refractivity (Wildman–Crippen MR) is 303 cm³/mol. The maximum Gasteiger partial charge on any atom is 0.306 e. The van der Waals surface area contributed by atoms with Gasteiger partial charge in [-0.1, -0.05) is 324 Å². The second kappa shape index (κ2) is 56.7. The van der Waals surface area contributed by atoms with E-state index in [1.807, 2.05) is 0 Å². The summed E-state index contributed by atoms with van der Waals surface area (Å²) in [5.41, 5.74) is 0. The average Bonchev–Trinajstić information content (AvgIpc) is 3.35. The summed E-state index contributed by atoms with van der Waals surface area (Å²) in [5, 5.41) is 0. The Balaban J connectivity index is 4.30. The number of carbonyl (C=O) groups is 3. The molecule has 1 unspecified atom stereocenters. The van der Waals surface area contributed by atoms with Gasteiger partial charge in [-0.05, 0) is 31.1 Å². The van der Waals surface area contributed by atoms with E-state index in [0.29, 0.717) is 19.3 Å². The third kappa shape index (κ3) is 55.7. The van der Waals surface area contributed by atoms with Gasteiger partial charge in [0.25, 0.3) is 0 Å².